The molecule has 7 aromatic carbocycles. The summed E-state index contributed by atoms with van der Waals surface area (Å²) in [6.07, 6.45) is 0. The summed E-state index contributed by atoms with van der Waals surface area (Å²) in [7, 11) is 0. The number of hydrogen-bond donors (Lipinski definition) is 0. The highest BCUT2D eigenvalue weighted by atomic mass is 32.1. The normalized spacial score (nSPS) is 11.8. The van der Waals surface area contributed by atoms with Gasteiger partial charge in [-0.15, -0.1) is 11.3 Å². The molecular weight excluding hydrogens is 673 g/mol. The molecule has 0 amide bonds. The van der Waals surface area contributed by atoms with Crippen LogP contribution in [-0.4, -0.2) is 19.9 Å². The minimum absolute atomic E-state index is 0.590. The molecule has 0 unspecified atom stereocenters. The Kier molecular flexibility index (Phi) is 6.62. The lowest BCUT2D eigenvalue weighted by Gasteiger charge is -2.10. The molecular formula is C46H26N4O2S. The minimum atomic E-state index is 0.590. The van der Waals surface area contributed by atoms with Crippen molar-refractivity contribution < 1.29 is 8.83 Å². The van der Waals surface area contributed by atoms with Crippen molar-refractivity contribution in [2.24, 2.45) is 0 Å². The van der Waals surface area contributed by atoms with Gasteiger partial charge in [0.15, 0.2) is 23.1 Å². The van der Waals surface area contributed by atoms with Gasteiger partial charge in [0, 0.05) is 53.2 Å². The SMILES string of the molecule is c1ccc(-c2nc(-c3ccc4c(c3)oc3ccccc34)nc(-c3cccc4sc5ccc(-c6ccc(-c7nc8ccccc8o7)cc6)cc5c34)n2)cc1. The topological polar surface area (TPSA) is 77.8 Å². The summed E-state index contributed by atoms with van der Waals surface area (Å²) in [5.41, 5.74) is 9.21. The molecule has 0 radical (unpaired) electrons. The van der Waals surface area contributed by atoms with Gasteiger partial charge in [0.05, 0.1) is 0 Å². The van der Waals surface area contributed by atoms with E-state index < -0.39 is 0 Å². The number of rotatable bonds is 5. The van der Waals surface area contributed by atoms with Crippen LogP contribution in [0.25, 0.3) is 110 Å². The fourth-order valence-corrected chi connectivity index (χ4v) is 8.31. The van der Waals surface area contributed by atoms with Gasteiger partial charge in [0.25, 0.3) is 0 Å². The van der Waals surface area contributed by atoms with Crippen molar-refractivity contribution in [3.63, 3.8) is 0 Å². The summed E-state index contributed by atoms with van der Waals surface area (Å²) in [4.78, 5) is 20.0. The van der Waals surface area contributed by atoms with Gasteiger partial charge >= 0.3 is 0 Å². The first-order valence-corrected chi connectivity index (χ1v) is 18.2. The van der Waals surface area contributed by atoms with E-state index in [0.29, 0.717) is 23.4 Å². The van der Waals surface area contributed by atoms with E-state index in [-0.39, 0.29) is 0 Å². The van der Waals surface area contributed by atoms with Gasteiger partial charge in [-0.25, -0.2) is 19.9 Å². The van der Waals surface area contributed by atoms with Gasteiger partial charge in [-0.05, 0) is 71.8 Å². The van der Waals surface area contributed by atoms with Gasteiger partial charge in [0.1, 0.15) is 16.7 Å². The Morgan fingerprint density at radius 3 is 1.94 bits per heavy atom. The van der Waals surface area contributed by atoms with Crippen LogP contribution < -0.4 is 0 Å². The van der Waals surface area contributed by atoms with Crippen molar-refractivity contribution in [2.75, 3.05) is 0 Å². The van der Waals surface area contributed by atoms with E-state index in [1.54, 1.807) is 11.3 Å². The molecule has 248 valence electrons. The second-order valence-electron chi connectivity index (χ2n) is 13.0. The Morgan fingerprint density at radius 2 is 1.08 bits per heavy atom. The van der Waals surface area contributed by atoms with Gasteiger partial charge in [-0.2, -0.15) is 0 Å². The molecule has 0 aliphatic rings. The third-order valence-electron chi connectivity index (χ3n) is 9.80. The average Bonchev–Trinajstić information content (AvgIpc) is 3.94. The lowest BCUT2D eigenvalue weighted by molar-refractivity contribution is 0.620. The van der Waals surface area contributed by atoms with Crippen molar-refractivity contribution in [3.8, 4) is 56.7 Å². The molecule has 4 aromatic heterocycles. The van der Waals surface area contributed by atoms with E-state index >= 15 is 0 Å². The van der Waals surface area contributed by atoms with Crippen LogP contribution in [-0.2, 0) is 0 Å². The van der Waals surface area contributed by atoms with Crippen LogP contribution in [0.5, 0.6) is 0 Å². The van der Waals surface area contributed by atoms with Crippen LogP contribution in [0.3, 0.4) is 0 Å². The molecule has 7 heteroatoms. The van der Waals surface area contributed by atoms with E-state index in [9.17, 15) is 0 Å². The molecule has 0 fully saturated rings. The highest BCUT2D eigenvalue weighted by Gasteiger charge is 2.19. The molecule has 11 rings (SSSR count). The summed E-state index contributed by atoms with van der Waals surface area (Å²) in [6.45, 7) is 0. The molecule has 0 spiro atoms. The van der Waals surface area contributed by atoms with E-state index in [2.05, 4.69) is 83.8 Å². The third-order valence-corrected chi connectivity index (χ3v) is 10.9. The molecule has 0 aliphatic carbocycles. The molecule has 0 saturated heterocycles. The summed E-state index contributed by atoms with van der Waals surface area (Å²) in [5, 5.41) is 4.44. The largest absolute Gasteiger partial charge is 0.456 e. The number of fused-ring (bicyclic) bond motifs is 7. The van der Waals surface area contributed by atoms with Crippen molar-refractivity contribution >= 4 is 64.5 Å². The molecule has 6 nitrogen and oxygen atoms in total. The summed E-state index contributed by atoms with van der Waals surface area (Å²) < 4.78 is 14.7. The number of benzene rings is 7. The summed E-state index contributed by atoms with van der Waals surface area (Å²) >= 11 is 1.78. The first-order chi connectivity index (χ1) is 26.2. The zero-order valence-corrected chi connectivity index (χ0v) is 28.8. The number of hydrogen-bond acceptors (Lipinski definition) is 7. The Labute approximate surface area is 306 Å². The fourth-order valence-electron chi connectivity index (χ4n) is 7.20. The number of nitrogens with zero attached hydrogens (tertiary/aromatic N) is 4. The lowest BCUT2D eigenvalue weighted by atomic mass is 9.99. The molecule has 0 aliphatic heterocycles. The first-order valence-electron chi connectivity index (χ1n) is 17.4. The van der Waals surface area contributed by atoms with Crippen LogP contribution >= 0.6 is 11.3 Å². The molecule has 0 bridgehead atoms. The van der Waals surface area contributed by atoms with E-state index in [1.165, 1.54) is 9.40 Å². The monoisotopic (exact) mass is 698 g/mol. The number of thiophene rings is 1. The summed E-state index contributed by atoms with van der Waals surface area (Å²) in [6, 6.07) is 53.7. The fraction of sp³-hybridized carbons (Fsp3) is 0. The van der Waals surface area contributed by atoms with Gasteiger partial charge in [-0.3, -0.25) is 0 Å². The predicted molar refractivity (Wildman–Crippen MR) is 215 cm³/mol. The standard InChI is InChI=1S/C46H26N4O2S/c1-2-9-28(10-3-1)43-48-44(31-21-23-33-32-11-4-6-14-37(32)51-39(33)26-31)50-45(49-43)34-12-8-16-41-42(34)35-25-30(22-24-40(35)53-41)27-17-19-29(20-18-27)46-47-36-13-5-7-15-38(36)52-46/h1-26H. The van der Waals surface area contributed by atoms with Crippen molar-refractivity contribution in [3.05, 3.63) is 158 Å². The number of para-hydroxylation sites is 3. The van der Waals surface area contributed by atoms with Crippen LogP contribution in [0.1, 0.15) is 0 Å². The van der Waals surface area contributed by atoms with E-state index in [4.69, 9.17) is 23.8 Å². The maximum absolute atomic E-state index is 6.25. The molecule has 0 N–H and O–H groups in total. The van der Waals surface area contributed by atoms with E-state index in [1.807, 2.05) is 78.9 Å². The van der Waals surface area contributed by atoms with Gasteiger partial charge in [0.2, 0.25) is 5.89 Å². The average molecular weight is 699 g/mol. The second-order valence-corrected chi connectivity index (χ2v) is 14.1. The maximum atomic E-state index is 6.25. The van der Waals surface area contributed by atoms with E-state index in [0.717, 1.165) is 77.2 Å². The molecule has 4 heterocycles. The first kappa shape index (κ1) is 29.7. The highest BCUT2D eigenvalue weighted by molar-refractivity contribution is 7.26. The zero-order chi connectivity index (χ0) is 34.9. The van der Waals surface area contributed by atoms with Crippen LogP contribution in [0.2, 0.25) is 0 Å². The van der Waals surface area contributed by atoms with Crippen LogP contribution in [0.4, 0.5) is 0 Å². The van der Waals surface area contributed by atoms with Crippen LogP contribution in [0.15, 0.2) is 167 Å². The van der Waals surface area contributed by atoms with Crippen molar-refractivity contribution in [2.45, 2.75) is 0 Å². The Hall–Kier alpha value is -6.96. The lowest BCUT2D eigenvalue weighted by Crippen LogP contribution is -2.00. The number of aromatic nitrogens is 4. The maximum Gasteiger partial charge on any atom is 0.227 e. The molecule has 0 atom stereocenters. The summed E-state index contributed by atoms with van der Waals surface area (Å²) in [5.74, 6) is 2.45. The highest BCUT2D eigenvalue weighted by Crippen LogP contribution is 2.42. The Balaban J connectivity index is 1.05. The van der Waals surface area contributed by atoms with Gasteiger partial charge in [-0.1, -0.05) is 97.1 Å². The molecule has 0 saturated carbocycles. The Morgan fingerprint density at radius 1 is 0.377 bits per heavy atom. The molecule has 53 heavy (non-hydrogen) atoms. The smallest absolute Gasteiger partial charge is 0.227 e. The van der Waals surface area contributed by atoms with Crippen molar-refractivity contribution in [1.82, 2.24) is 19.9 Å². The minimum Gasteiger partial charge on any atom is -0.456 e. The van der Waals surface area contributed by atoms with Crippen molar-refractivity contribution in [1.29, 1.82) is 0 Å². The number of furan rings is 1. The number of oxazole rings is 1. The quantitative estimate of drug-likeness (QED) is 0.178. The third kappa shape index (κ3) is 5.01. The van der Waals surface area contributed by atoms with Crippen LogP contribution in [0, 0.1) is 0 Å². The predicted octanol–water partition coefficient (Wildman–Crippen LogP) is 12.6. The Bertz CT molecular complexity index is 3150. The molecule has 11 aromatic rings. The zero-order valence-electron chi connectivity index (χ0n) is 28.0. The second kappa shape index (κ2) is 11.8. The van der Waals surface area contributed by atoms with Gasteiger partial charge < -0.3 is 8.83 Å².